The van der Waals surface area contributed by atoms with Gasteiger partial charge in [-0.2, -0.15) is 5.26 Å². The minimum Gasteiger partial charge on any atom is -0.480 e. The Kier molecular flexibility index (Phi) is 4.57. The molecule has 1 atom stereocenters. The second-order valence-corrected chi connectivity index (χ2v) is 4.69. The first kappa shape index (κ1) is 14.3. The van der Waals surface area contributed by atoms with Crippen LogP contribution in [-0.4, -0.2) is 16.6 Å². The highest BCUT2D eigenvalue weighted by Gasteiger charge is 2.32. The van der Waals surface area contributed by atoms with Crippen molar-refractivity contribution < 1.29 is 9.90 Å². The average molecular weight is 267 g/mol. The van der Waals surface area contributed by atoms with Crippen LogP contribution in [0.5, 0.6) is 0 Å². The fourth-order valence-corrected chi connectivity index (χ4v) is 1.98. The number of nitriles is 1. The van der Waals surface area contributed by atoms with Gasteiger partial charge >= 0.3 is 5.97 Å². The molecule has 2 N–H and O–H groups in total. The number of hydrogen-bond acceptors (Lipinski definition) is 3. The third-order valence-electron chi connectivity index (χ3n) is 2.76. The van der Waals surface area contributed by atoms with E-state index in [2.05, 4.69) is 5.32 Å². The standard InChI is InChI=1S/C13H15ClN2O2/c1-3-7-13(2,12(17)18)16-11-6-4-5-10(14)9(11)8-15/h4-6,16H,3,7H2,1-2H3,(H,17,18). The van der Waals surface area contributed by atoms with Crippen molar-refractivity contribution in [1.29, 1.82) is 5.26 Å². The normalized spacial score (nSPS) is 13.4. The molecule has 0 aromatic heterocycles. The molecule has 0 saturated heterocycles. The Hall–Kier alpha value is -1.73. The van der Waals surface area contributed by atoms with Gasteiger partial charge in [0.2, 0.25) is 0 Å². The van der Waals surface area contributed by atoms with Gasteiger partial charge in [0, 0.05) is 0 Å². The molecule has 0 fully saturated rings. The van der Waals surface area contributed by atoms with Crippen molar-refractivity contribution in [3.05, 3.63) is 28.8 Å². The molecule has 0 aliphatic rings. The molecule has 96 valence electrons. The molecule has 0 aliphatic carbocycles. The van der Waals surface area contributed by atoms with Crippen LogP contribution in [0.3, 0.4) is 0 Å². The topological polar surface area (TPSA) is 73.1 Å². The van der Waals surface area contributed by atoms with Crippen LogP contribution in [0, 0.1) is 11.3 Å². The molecule has 0 spiro atoms. The number of aliphatic carboxylic acids is 1. The van der Waals surface area contributed by atoms with Crippen molar-refractivity contribution in [2.45, 2.75) is 32.2 Å². The molecule has 0 aliphatic heterocycles. The first-order valence-electron chi connectivity index (χ1n) is 5.64. The number of benzene rings is 1. The van der Waals surface area contributed by atoms with Crippen molar-refractivity contribution in [1.82, 2.24) is 0 Å². The zero-order valence-corrected chi connectivity index (χ0v) is 11.1. The third-order valence-corrected chi connectivity index (χ3v) is 3.07. The summed E-state index contributed by atoms with van der Waals surface area (Å²) in [4.78, 5) is 11.3. The average Bonchev–Trinajstić information content (AvgIpc) is 2.29. The van der Waals surface area contributed by atoms with Gasteiger partial charge in [-0.3, -0.25) is 0 Å². The molecule has 18 heavy (non-hydrogen) atoms. The minimum absolute atomic E-state index is 0.266. The molecule has 0 radical (unpaired) electrons. The predicted octanol–water partition coefficient (Wildman–Crippen LogP) is 3.27. The Morgan fingerprint density at radius 2 is 2.28 bits per heavy atom. The number of nitrogens with one attached hydrogen (secondary N) is 1. The molecule has 0 amide bonds. The van der Waals surface area contributed by atoms with Crippen molar-refractivity contribution in [2.75, 3.05) is 5.32 Å². The van der Waals surface area contributed by atoms with Gasteiger partial charge in [-0.15, -0.1) is 0 Å². The van der Waals surface area contributed by atoms with E-state index >= 15 is 0 Å². The van der Waals surface area contributed by atoms with Gasteiger partial charge in [-0.05, 0) is 25.5 Å². The summed E-state index contributed by atoms with van der Waals surface area (Å²) in [5, 5.41) is 21.5. The fraction of sp³-hybridized carbons (Fsp3) is 0.385. The quantitative estimate of drug-likeness (QED) is 0.858. The molecule has 1 aromatic rings. The number of carboxylic acids is 1. The Balaban J connectivity index is 3.13. The van der Waals surface area contributed by atoms with Gasteiger partial charge in [0.05, 0.1) is 16.3 Å². The van der Waals surface area contributed by atoms with E-state index < -0.39 is 11.5 Å². The summed E-state index contributed by atoms with van der Waals surface area (Å²) in [5.74, 6) is -0.951. The largest absolute Gasteiger partial charge is 0.480 e. The Morgan fingerprint density at radius 1 is 1.61 bits per heavy atom. The molecule has 4 nitrogen and oxygen atoms in total. The molecule has 1 rings (SSSR count). The first-order valence-corrected chi connectivity index (χ1v) is 6.02. The van der Waals surface area contributed by atoms with Crippen LogP contribution >= 0.6 is 11.6 Å². The third kappa shape index (κ3) is 2.93. The van der Waals surface area contributed by atoms with Crippen LogP contribution in [0.1, 0.15) is 32.3 Å². The van der Waals surface area contributed by atoms with Crippen LogP contribution in [-0.2, 0) is 4.79 Å². The first-order chi connectivity index (χ1) is 8.44. The van der Waals surface area contributed by atoms with Crippen molar-refractivity contribution in [2.24, 2.45) is 0 Å². The lowest BCUT2D eigenvalue weighted by Gasteiger charge is -2.27. The van der Waals surface area contributed by atoms with E-state index in [-0.39, 0.29) is 5.56 Å². The number of hydrogen-bond donors (Lipinski definition) is 2. The van der Waals surface area contributed by atoms with Crippen LogP contribution in [0.25, 0.3) is 0 Å². The molecule has 5 heteroatoms. The van der Waals surface area contributed by atoms with Crippen molar-refractivity contribution in [3.8, 4) is 6.07 Å². The van der Waals surface area contributed by atoms with E-state index in [1.165, 1.54) is 0 Å². The highest BCUT2D eigenvalue weighted by molar-refractivity contribution is 6.32. The van der Waals surface area contributed by atoms with Gasteiger partial charge < -0.3 is 10.4 Å². The van der Waals surface area contributed by atoms with Gasteiger partial charge in [-0.1, -0.05) is 31.0 Å². The number of halogens is 1. The molecule has 0 heterocycles. The van der Waals surface area contributed by atoms with E-state index in [0.717, 1.165) is 6.42 Å². The highest BCUT2D eigenvalue weighted by Crippen LogP contribution is 2.27. The summed E-state index contributed by atoms with van der Waals surface area (Å²) in [5.41, 5.74) is -0.392. The van der Waals surface area contributed by atoms with E-state index in [1.807, 2.05) is 13.0 Å². The van der Waals surface area contributed by atoms with Crippen molar-refractivity contribution in [3.63, 3.8) is 0 Å². The zero-order valence-electron chi connectivity index (χ0n) is 10.3. The van der Waals surface area contributed by atoms with E-state index in [1.54, 1.807) is 25.1 Å². The molecule has 1 aromatic carbocycles. The van der Waals surface area contributed by atoms with Crippen LogP contribution in [0.4, 0.5) is 5.69 Å². The minimum atomic E-state index is -1.11. The summed E-state index contributed by atoms with van der Waals surface area (Å²) in [7, 11) is 0. The number of nitrogens with zero attached hydrogens (tertiary/aromatic N) is 1. The number of anilines is 1. The SMILES string of the molecule is CCCC(C)(Nc1cccc(Cl)c1C#N)C(=O)O. The lowest BCUT2D eigenvalue weighted by molar-refractivity contribution is -0.141. The number of carboxylic acid groups (broad SMARTS) is 1. The maximum atomic E-state index is 11.3. The fourth-order valence-electron chi connectivity index (χ4n) is 1.76. The van der Waals surface area contributed by atoms with Crippen LogP contribution in [0.15, 0.2) is 18.2 Å². The van der Waals surface area contributed by atoms with Gasteiger partial charge in [0.15, 0.2) is 0 Å². The number of rotatable bonds is 5. The van der Waals surface area contributed by atoms with E-state index in [4.69, 9.17) is 16.9 Å². The lowest BCUT2D eigenvalue weighted by atomic mass is 9.95. The molecule has 0 saturated carbocycles. The summed E-state index contributed by atoms with van der Waals surface area (Å²) < 4.78 is 0. The van der Waals surface area contributed by atoms with Crippen LogP contribution in [0.2, 0.25) is 5.02 Å². The molecular weight excluding hydrogens is 252 g/mol. The zero-order chi connectivity index (χ0) is 13.8. The maximum Gasteiger partial charge on any atom is 0.329 e. The second kappa shape index (κ2) is 5.74. The van der Waals surface area contributed by atoms with Gasteiger partial charge in [0.25, 0.3) is 0 Å². The second-order valence-electron chi connectivity index (χ2n) is 4.29. The van der Waals surface area contributed by atoms with Gasteiger partial charge in [-0.25, -0.2) is 4.79 Å². The summed E-state index contributed by atoms with van der Waals surface area (Å²) >= 11 is 5.91. The summed E-state index contributed by atoms with van der Waals surface area (Å²) in [6.45, 7) is 3.51. The Morgan fingerprint density at radius 3 is 2.78 bits per heavy atom. The Bertz CT molecular complexity index is 496. The highest BCUT2D eigenvalue weighted by atomic mass is 35.5. The smallest absolute Gasteiger partial charge is 0.329 e. The van der Waals surface area contributed by atoms with E-state index in [0.29, 0.717) is 17.1 Å². The number of carbonyl (C=O) groups is 1. The maximum absolute atomic E-state index is 11.3. The molecular formula is C13H15ClN2O2. The Labute approximate surface area is 111 Å². The van der Waals surface area contributed by atoms with Crippen molar-refractivity contribution >= 4 is 23.3 Å². The molecule has 0 bridgehead atoms. The molecule has 1 unspecified atom stereocenters. The monoisotopic (exact) mass is 266 g/mol. The predicted molar refractivity (Wildman–Crippen MR) is 70.7 cm³/mol. The van der Waals surface area contributed by atoms with Gasteiger partial charge in [0.1, 0.15) is 11.6 Å². The van der Waals surface area contributed by atoms with Crippen LogP contribution < -0.4 is 5.32 Å². The summed E-state index contributed by atoms with van der Waals surface area (Å²) in [6.07, 6.45) is 1.18. The summed E-state index contributed by atoms with van der Waals surface area (Å²) in [6, 6.07) is 6.91. The lowest BCUT2D eigenvalue weighted by Crippen LogP contribution is -2.43. The van der Waals surface area contributed by atoms with E-state index in [9.17, 15) is 9.90 Å².